The van der Waals surface area contributed by atoms with Crippen molar-refractivity contribution in [2.75, 3.05) is 6.54 Å². The third-order valence-electron chi connectivity index (χ3n) is 4.75. The number of halogens is 4. The third kappa shape index (κ3) is 5.08. The van der Waals surface area contributed by atoms with Crippen LogP contribution in [0.5, 0.6) is 0 Å². The molecule has 0 saturated heterocycles. The molecule has 3 rings (SSSR count). The number of aromatic nitrogens is 2. The first-order valence-corrected chi connectivity index (χ1v) is 9.93. The Morgan fingerprint density at radius 3 is 2.42 bits per heavy atom. The molecule has 9 heteroatoms. The van der Waals surface area contributed by atoms with Gasteiger partial charge in [0.1, 0.15) is 0 Å². The van der Waals surface area contributed by atoms with Crippen LogP contribution >= 0.6 is 11.6 Å². The Morgan fingerprint density at radius 1 is 1.16 bits per heavy atom. The van der Waals surface area contributed by atoms with Crippen LogP contribution in [0.2, 0.25) is 5.02 Å². The monoisotopic (exact) mass is 451 g/mol. The lowest BCUT2D eigenvalue weighted by Gasteiger charge is -2.18. The molecular weight excluding hydrogens is 431 g/mol. The lowest BCUT2D eigenvalue weighted by molar-refractivity contribution is -0.139. The van der Waals surface area contributed by atoms with Crippen LogP contribution in [0, 0.1) is 0 Å². The lowest BCUT2D eigenvalue weighted by atomic mass is 10.0. The summed E-state index contributed by atoms with van der Waals surface area (Å²) in [6.45, 7) is 3.42. The fraction of sp³-hybridized carbons (Fsp3) is 0.273. The molecule has 0 saturated carbocycles. The minimum absolute atomic E-state index is 0.0743. The lowest BCUT2D eigenvalue weighted by Crippen LogP contribution is -2.30. The molecule has 31 heavy (non-hydrogen) atoms. The Kier molecular flexibility index (Phi) is 6.71. The van der Waals surface area contributed by atoms with Crippen LogP contribution < -0.4 is 5.32 Å². The normalized spacial score (nSPS) is 12.8. The van der Waals surface area contributed by atoms with Gasteiger partial charge in [0.25, 0.3) is 5.91 Å². The number of amides is 1. The smallest absolute Gasteiger partial charge is 0.387 e. The highest BCUT2D eigenvalue weighted by atomic mass is 35.5. The molecule has 5 nitrogen and oxygen atoms in total. The predicted molar refractivity (Wildman–Crippen MR) is 111 cm³/mol. The van der Waals surface area contributed by atoms with Crippen molar-refractivity contribution in [2.45, 2.75) is 32.0 Å². The van der Waals surface area contributed by atoms with Crippen molar-refractivity contribution in [3.63, 3.8) is 0 Å². The maximum atomic E-state index is 13.2. The van der Waals surface area contributed by atoms with Crippen molar-refractivity contribution in [1.82, 2.24) is 15.1 Å². The Morgan fingerprint density at radius 2 is 1.81 bits per heavy atom. The van der Waals surface area contributed by atoms with Crippen LogP contribution in [-0.4, -0.2) is 27.3 Å². The summed E-state index contributed by atoms with van der Waals surface area (Å²) in [5.74, 6) is -0.609. The minimum atomic E-state index is -4.61. The molecular formula is C22H21ClF3N3O2. The molecule has 1 aromatic heterocycles. The summed E-state index contributed by atoms with van der Waals surface area (Å²) < 4.78 is 41.2. The summed E-state index contributed by atoms with van der Waals surface area (Å²) in [6.07, 6.45) is -4.72. The number of aliphatic hydroxyl groups is 1. The molecule has 1 amide bonds. The highest BCUT2D eigenvalue weighted by molar-refractivity contribution is 6.30. The van der Waals surface area contributed by atoms with E-state index in [1.807, 2.05) is 13.8 Å². The van der Waals surface area contributed by atoms with Crippen LogP contribution in [0.4, 0.5) is 13.2 Å². The molecule has 1 heterocycles. The molecule has 2 N–H and O–H groups in total. The first kappa shape index (κ1) is 22.8. The van der Waals surface area contributed by atoms with Gasteiger partial charge < -0.3 is 10.4 Å². The number of carbonyl (C=O) groups is 1. The zero-order chi connectivity index (χ0) is 22.8. The zero-order valence-electron chi connectivity index (χ0n) is 16.8. The Hall–Kier alpha value is -2.84. The number of carbonyl (C=O) groups excluding carboxylic acids is 1. The van der Waals surface area contributed by atoms with Gasteiger partial charge in [0.15, 0.2) is 0 Å². The van der Waals surface area contributed by atoms with Crippen molar-refractivity contribution in [3.8, 4) is 5.69 Å². The van der Waals surface area contributed by atoms with Crippen molar-refractivity contribution in [2.24, 2.45) is 0 Å². The van der Waals surface area contributed by atoms with Crippen LogP contribution in [-0.2, 0) is 6.18 Å². The number of hydrogen-bond acceptors (Lipinski definition) is 3. The maximum Gasteiger partial charge on any atom is 0.416 e. The SMILES string of the molecule is CC(C)c1c(C(=O)NCC(O)c2ccccc2C(F)(F)F)cnn1-c1ccc(Cl)cc1. The first-order chi connectivity index (χ1) is 14.6. The summed E-state index contributed by atoms with van der Waals surface area (Å²) in [5.41, 5.74) is 0.393. The number of alkyl halides is 3. The van der Waals surface area contributed by atoms with Gasteiger partial charge in [-0.25, -0.2) is 4.68 Å². The highest BCUT2D eigenvalue weighted by Crippen LogP contribution is 2.34. The van der Waals surface area contributed by atoms with Gasteiger partial charge in [-0.15, -0.1) is 0 Å². The molecule has 0 bridgehead atoms. The van der Waals surface area contributed by atoms with Crippen molar-refractivity contribution in [3.05, 3.63) is 82.1 Å². The van der Waals surface area contributed by atoms with E-state index >= 15 is 0 Å². The summed E-state index contributed by atoms with van der Waals surface area (Å²) in [5, 5.41) is 17.7. The minimum Gasteiger partial charge on any atom is -0.387 e. The quantitative estimate of drug-likeness (QED) is 0.546. The van der Waals surface area contributed by atoms with E-state index in [1.165, 1.54) is 24.4 Å². The molecule has 164 valence electrons. The number of hydrogen-bond donors (Lipinski definition) is 2. The van der Waals surface area contributed by atoms with E-state index in [2.05, 4.69) is 10.4 Å². The Labute approximate surface area is 182 Å². The fourth-order valence-electron chi connectivity index (χ4n) is 3.32. The molecule has 1 unspecified atom stereocenters. The second-order valence-electron chi connectivity index (χ2n) is 7.30. The topological polar surface area (TPSA) is 67.2 Å². The largest absolute Gasteiger partial charge is 0.416 e. The number of aliphatic hydroxyl groups excluding tert-OH is 1. The molecule has 0 aliphatic carbocycles. The molecule has 1 atom stereocenters. The standard InChI is InChI=1S/C22H21ClF3N3O2/c1-13(2)20-17(11-28-29(20)15-9-7-14(23)8-10-15)21(31)27-12-19(30)16-5-3-4-6-18(16)22(24,25)26/h3-11,13,19,30H,12H2,1-2H3,(H,27,31). The second-order valence-corrected chi connectivity index (χ2v) is 7.73. The van der Waals surface area contributed by atoms with Gasteiger partial charge in [0, 0.05) is 11.6 Å². The van der Waals surface area contributed by atoms with E-state index in [0.717, 1.165) is 6.07 Å². The predicted octanol–water partition coefficient (Wildman–Crippen LogP) is 5.13. The number of rotatable bonds is 6. The van der Waals surface area contributed by atoms with E-state index in [0.29, 0.717) is 16.4 Å². The van der Waals surface area contributed by atoms with Gasteiger partial charge in [-0.3, -0.25) is 4.79 Å². The Bertz CT molecular complexity index is 1060. The molecule has 0 spiro atoms. The first-order valence-electron chi connectivity index (χ1n) is 9.55. The highest BCUT2D eigenvalue weighted by Gasteiger charge is 2.34. The molecule has 0 aliphatic heterocycles. The molecule has 2 aromatic carbocycles. The fourth-order valence-corrected chi connectivity index (χ4v) is 3.44. The number of nitrogens with one attached hydrogen (secondary N) is 1. The summed E-state index contributed by atoms with van der Waals surface area (Å²) in [6, 6.07) is 11.7. The van der Waals surface area contributed by atoms with Gasteiger partial charge in [0.05, 0.1) is 34.8 Å². The van der Waals surface area contributed by atoms with E-state index in [4.69, 9.17) is 11.6 Å². The average Bonchev–Trinajstić information content (AvgIpc) is 3.17. The van der Waals surface area contributed by atoms with Crippen molar-refractivity contribution < 1.29 is 23.1 Å². The number of nitrogens with zero attached hydrogens (tertiary/aromatic N) is 2. The summed E-state index contributed by atoms with van der Waals surface area (Å²) in [4.78, 5) is 12.8. The number of benzene rings is 2. The van der Waals surface area contributed by atoms with Gasteiger partial charge in [0.2, 0.25) is 0 Å². The van der Waals surface area contributed by atoms with E-state index < -0.39 is 23.8 Å². The zero-order valence-corrected chi connectivity index (χ0v) is 17.6. The Balaban J connectivity index is 1.81. The molecule has 3 aromatic rings. The van der Waals surface area contributed by atoms with E-state index in [9.17, 15) is 23.1 Å². The van der Waals surface area contributed by atoms with Gasteiger partial charge in [-0.1, -0.05) is 43.6 Å². The van der Waals surface area contributed by atoms with Gasteiger partial charge >= 0.3 is 6.18 Å². The second kappa shape index (κ2) is 9.11. The van der Waals surface area contributed by atoms with Crippen LogP contribution in [0.25, 0.3) is 5.69 Å². The van der Waals surface area contributed by atoms with Crippen LogP contribution in [0.1, 0.15) is 53.0 Å². The van der Waals surface area contributed by atoms with Crippen molar-refractivity contribution >= 4 is 17.5 Å². The van der Waals surface area contributed by atoms with Gasteiger partial charge in [-0.05, 0) is 41.8 Å². The molecule has 0 radical (unpaired) electrons. The third-order valence-corrected chi connectivity index (χ3v) is 5.00. The van der Waals surface area contributed by atoms with Gasteiger partial charge in [-0.2, -0.15) is 18.3 Å². The summed E-state index contributed by atoms with van der Waals surface area (Å²) in [7, 11) is 0. The average molecular weight is 452 g/mol. The summed E-state index contributed by atoms with van der Waals surface area (Å²) >= 11 is 5.93. The molecule has 0 fully saturated rings. The molecule has 0 aliphatic rings. The maximum absolute atomic E-state index is 13.2. The van der Waals surface area contributed by atoms with E-state index in [1.54, 1.807) is 28.9 Å². The van der Waals surface area contributed by atoms with Crippen LogP contribution in [0.15, 0.2) is 54.7 Å². The van der Waals surface area contributed by atoms with Crippen LogP contribution in [0.3, 0.4) is 0 Å². The van der Waals surface area contributed by atoms with E-state index in [-0.39, 0.29) is 23.6 Å². The van der Waals surface area contributed by atoms with Crippen molar-refractivity contribution in [1.29, 1.82) is 0 Å².